The van der Waals surface area contributed by atoms with Crippen LogP contribution in [0.15, 0.2) is 0 Å². The van der Waals surface area contributed by atoms with Gasteiger partial charge in [0.15, 0.2) is 0 Å². The minimum absolute atomic E-state index is 0.0185. The van der Waals surface area contributed by atoms with Crippen molar-refractivity contribution >= 4 is 0 Å². The van der Waals surface area contributed by atoms with Crippen molar-refractivity contribution in [2.45, 2.75) is 25.0 Å². The average Bonchev–Trinajstić information content (AvgIpc) is 2.29. The van der Waals surface area contributed by atoms with Gasteiger partial charge in [-0.15, -0.1) is 0 Å². The van der Waals surface area contributed by atoms with Crippen LogP contribution in [-0.4, -0.2) is 23.8 Å². The lowest BCUT2D eigenvalue weighted by Gasteiger charge is -2.07. The van der Waals surface area contributed by atoms with Crippen molar-refractivity contribution in [3.63, 3.8) is 0 Å². The number of hydrogen-bond acceptors (Lipinski definition) is 2. The lowest BCUT2D eigenvalue weighted by Crippen LogP contribution is -2.27. The third kappa shape index (κ3) is 0.446. The van der Waals surface area contributed by atoms with E-state index in [0.29, 0.717) is 12.0 Å². The normalized spacial score (nSPS) is 52.9. The Labute approximate surface area is 48.9 Å². The van der Waals surface area contributed by atoms with Gasteiger partial charge < -0.3 is 10.4 Å². The second-order valence-electron chi connectivity index (χ2n) is 2.84. The third-order valence-electron chi connectivity index (χ3n) is 2.39. The van der Waals surface area contributed by atoms with Crippen LogP contribution < -0.4 is 5.32 Å². The van der Waals surface area contributed by atoms with Gasteiger partial charge in [0.25, 0.3) is 0 Å². The molecule has 2 fully saturated rings. The summed E-state index contributed by atoms with van der Waals surface area (Å²) in [5.74, 6) is 0.583. The molecule has 1 aliphatic heterocycles. The number of aliphatic hydroxyl groups excluding tert-OH is 1. The first kappa shape index (κ1) is 4.77. The highest BCUT2D eigenvalue weighted by molar-refractivity contribution is 4.96. The summed E-state index contributed by atoms with van der Waals surface area (Å²) in [7, 11) is 0. The van der Waals surface area contributed by atoms with Crippen LogP contribution >= 0.6 is 0 Å². The van der Waals surface area contributed by atoms with E-state index in [1.807, 2.05) is 0 Å². The molecule has 8 heavy (non-hydrogen) atoms. The molecular weight excluding hydrogens is 102 g/mol. The Morgan fingerprint density at radius 2 is 2.25 bits per heavy atom. The summed E-state index contributed by atoms with van der Waals surface area (Å²) in [5.41, 5.74) is 0. The Kier molecular flexibility index (Phi) is 0.866. The Morgan fingerprint density at radius 3 is 2.38 bits per heavy atom. The molecule has 1 aliphatic carbocycles. The SMILES string of the molecule is O[C@@H]1[C@H]2CC[C@H]1NC2. The molecule has 2 bridgehead atoms. The van der Waals surface area contributed by atoms with Gasteiger partial charge in [-0.1, -0.05) is 0 Å². The minimum atomic E-state index is -0.0185. The van der Waals surface area contributed by atoms with E-state index in [4.69, 9.17) is 0 Å². The number of hydrogen-bond donors (Lipinski definition) is 2. The van der Waals surface area contributed by atoms with Gasteiger partial charge >= 0.3 is 0 Å². The molecule has 2 heteroatoms. The van der Waals surface area contributed by atoms with Crippen LogP contribution in [0.2, 0.25) is 0 Å². The van der Waals surface area contributed by atoms with Gasteiger partial charge in [-0.25, -0.2) is 0 Å². The van der Waals surface area contributed by atoms with Crippen molar-refractivity contribution in [3.8, 4) is 0 Å². The van der Waals surface area contributed by atoms with E-state index in [-0.39, 0.29) is 6.10 Å². The summed E-state index contributed by atoms with van der Waals surface area (Å²) in [4.78, 5) is 0. The van der Waals surface area contributed by atoms with E-state index in [9.17, 15) is 5.11 Å². The van der Waals surface area contributed by atoms with Crippen molar-refractivity contribution in [3.05, 3.63) is 0 Å². The molecule has 0 aromatic carbocycles. The van der Waals surface area contributed by atoms with Gasteiger partial charge in [0.1, 0.15) is 0 Å². The van der Waals surface area contributed by atoms with E-state index >= 15 is 0 Å². The van der Waals surface area contributed by atoms with E-state index in [1.165, 1.54) is 12.8 Å². The summed E-state index contributed by atoms with van der Waals surface area (Å²) in [6.07, 6.45) is 2.40. The molecule has 0 unspecified atom stereocenters. The van der Waals surface area contributed by atoms with Crippen LogP contribution in [-0.2, 0) is 0 Å². The van der Waals surface area contributed by atoms with E-state index in [2.05, 4.69) is 5.32 Å². The molecule has 3 atom stereocenters. The highest BCUT2D eigenvalue weighted by Gasteiger charge is 2.39. The zero-order chi connectivity index (χ0) is 5.56. The van der Waals surface area contributed by atoms with E-state index in [0.717, 1.165) is 6.54 Å². The largest absolute Gasteiger partial charge is 0.391 e. The zero-order valence-corrected chi connectivity index (χ0v) is 4.80. The van der Waals surface area contributed by atoms with Crippen LogP contribution in [0.1, 0.15) is 12.8 Å². The van der Waals surface area contributed by atoms with E-state index in [1.54, 1.807) is 0 Å². The van der Waals surface area contributed by atoms with Crippen LogP contribution in [0.3, 0.4) is 0 Å². The molecule has 0 aromatic heterocycles. The minimum Gasteiger partial charge on any atom is -0.391 e. The first-order valence-corrected chi connectivity index (χ1v) is 3.29. The first-order chi connectivity index (χ1) is 3.88. The van der Waals surface area contributed by atoms with E-state index < -0.39 is 0 Å². The van der Waals surface area contributed by atoms with Crippen molar-refractivity contribution in [2.24, 2.45) is 5.92 Å². The van der Waals surface area contributed by atoms with Crippen molar-refractivity contribution in [1.29, 1.82) is 0 Å². The second-order valence-corrected chi connectivity index (χ2v) is 2.84. The topological polar surface area (TPSA) is 32.3 Å². The summed E-state index contributed by atoms with van der Waals surface area (Å²) in [6.45, 7) is 1.05. The fourth-order valence-corrected chi connectivity index (χ4v) is 1.81. The van der Waals surface area contributed by atoms with Crippen LogP contribution in [0.4, 0.5) is 0 Å². The lowest BCUT2D eigenvalue weighted by atomic mass is 10.1. The third-order valence-corrected chi connectivity index (χ3v) is 2.39. The Balaban J connectivity index is 2.16. The Hall–Kier alpha value is -0.0800. The number of piperidine rings is 1. The summed E-state index contributed by atoms with van der Waals surface area (Å²) < 4.78 is 0. The molecule has 2 nitrogen and oxygen atoms in total. The summed E-state index contributed by atoms with van der Waals surface area (Å²) >= 11 is 0. The van der Waals surface area contributed by atoms with Gasteiger partial charge in [0.2, 0.25) is 0 Å². The highest BCUT2D eigenvalue weighted by atomic mass is 16.3. The molecule has 2 N–H and O–H groups in total. The van der Waals surface area contributed by atoms with Crippen molar-refractivity contribution in [1.82, 2.24) is 5.32 Å². The van der Waals surface area contributed by atoms with Gasteiger partial charge in [0.05, 0.1) is 6.10 Å². The fraction of sp³-hybridized carbons (Fsp3) is 1.00. The molecule has 0 aromatic rings. The lowest BCUT2D eigenvalue weighted by molar-refractivity contribution is 0.150. The number of fused-ring (bicyclic) bond motifs is 2. The predicted octanol–water partition coefficient (Wildman–Crippen LogP) is -0.271. The maximum absolute atomic E-state index is 9.27. The summed E-state index contributed by atoms with van der Waals surface area (Å²) in [6, 6.07) is 0.444. The molecule has 2 aliphatic rings. The molecule has 46 valence electrons. The fourth-order valence-electron chi connectivity index (χ4n) is 1.81. The second kappa shape index (κ2) is 1.45. The maximum atomic E-state index is 9.27. The van der Waals surface area contributed by atoms with Gasteiger partial charge in [-0.05, 0) is 18.8 Å². The monoisotopic (exact) mass is 113 g/mol. The average molecular weight is 113 g/mol. The molecule has 0 amide bonds. The molecule has 2 rings (SSSR count). The molecular formula is C6H11NO. The molecule has 1 saturated carbocycles. The highest BCUT2D eigenvalue weighted by Crippen LogP contribution is 2.30. The molecule has 1 heterocycles. The maximum Gasteiger partial charge on any atom is 0.0733 e. The van der Waals surface area contributed by atoms with Crippen LogP contribution in [0, 0.1) is 5.92 Å². The zero-order valence-electron chi connectivity index (χ0n) is 4.80. The van der Waals surface area contributed by atoms with Crippen molar-refractivity contribution in [2.75, 3.05) is 6.54 Å². The predicted molar refractivity (Wildman–Crippen MR) is 30.5 cm³/mol. The number of aliphatic hydroxyl groups is 1. The standard InChI is InChI=1S/C6H11NO/c8-6-4-1-2-5(6)7-3-4/h4-8H,1-3H2/t4-,5+,6+/m0/s1. The number of nitrogens with one attached hydrogen (secondary N) is 1. The number of rotatable bonds is 0. The quantitative estimate of drug-likeness (QED) is 0.453. The van der Waals surface area contributed by atoms with Crippen LogP contribution in [0.25, 0.3) is 0 Å². The van der Waals surface area contributed by atoms with Gasteiger partial charge in [-0.3, -0.25) is 0 Å². The molecule has 0 spiro atoms. The summed E-state index contributed by atoms with van der Waals surface area (Å²) in [5, 5.41) is 12.5. The Morgan fingerprint density at radius 1 is 1.38 bits per heavy atom. The Bertz CT molecular complexity index is 84.7. The van der Waals surface area contributed by atoms with Gasteiger partial charge in [0, 0.05) is 12.6 Å². The van der Waals surface area contributed by atoms with Crippen LogP contribution in [0.5, 0.6) is 0 Å². The smallest absolute Gasteiger partial charge is 0.0733 e. The van der Waals surface area contributed by atoms with Gasteiger partial charge in [-0.2, -0.15) is 0 Å². The van der Waals surface area contributed by atoms with Crippen molar-refractivity contribution < 1.29 is 5.11 Å². The molecule has 1 saturated heterocycles. The first-order valence-electron chi connectivity index (χ1n) is 3.29. The molecule has 0 radical (unpaired) electrons.